The number of nitrogens with zero attached hydrogens (tertiary/aromatic N) is 6. The number of unbranched alkanes of at least 4 members (excludes halogenated alkanes) is 1. The molecule has 11 nitrogen and oxygen atoms in total. The first-order valence-corrected chi connectivity index (χ1v) is 15.5. The first-order valence-electron chi connectivity index (χ1n) is 15.5. The van der Waals surface area contributed by atoms with E-state index in [1.54, 1.807) is 4.57 Å². The van der Waals surface area contributed by atoms with Crippen molar-refractivity contribution in [1.29, 1.82) is 0 Å². The fraction of sp³-hybridized carbons (Fsp3) is 0.471. The molecule has 11 heteroatoms. The minimum Gasteiger partial charge on any atom is -0.478 e. The van der Waals surface area contributed by atoms with Gasteiger partial charge in [0.25, 0.3) is 0 Å². The van der Waals surface area contributed by atoms with Crippen molar-refractivity contribution < 1.29 is 19.8 Å². The molecule has 0 radical (unpaired) electrons. The highest BCUT2D eigenvalue weighted by Gasteiger charge is 2.23. The average molecular weight is 619 g/mol. The highest BCUT2D eigenvalue weighted by Crippen LogP contribution is 2.24. The third-order valence-corrected chi connectivity index (χ3v) is 7.35. The second-order valence-electron chi connectivity index (χ2n) is 12.2. The van der Waals surface area contributed by atoms with Crippen LogP contribution in [0.2, 0.25) is 0 Å². The van der Waals surface area contributed by atoms with Crippen LogP contribution in [0.25, 0.3) is 11.3 Å². The Bertz CT molecular complexity index is 1490. The quantitative estimate of drug-likeness (QED) is 0.232. The van der Waals surface area contributed by atoms with Crippen LogP contribution in [0.3, 0.4) is 0 Å². The van der Waals surface area contributed by atoms with Crippen molar-refractivity contribution in [1.82, 2.24) is 24.4 Å². The number of aromatic nitrogens is 4. The molecule has 45 heavy (non-hydrogen) atoms. The number of aryl methyl sites for hydroxylation is 3. The maximum Gasteiger partial charge on any atom is 0.348 e. The first-order chi connectivity index (χ1) is 21.3. The van der Waals surface area contributed by atoms with Crippen molar-refractivity contribution in [3.05, 3.63) is 82.3 Å². The first kappa shape index (κ1) is 35.1. The molecular weight excluding hydrogens is 572 g/mol. The zero-order valence-electron chi connectivity index (χ0n) is 27.1. The minimum atomic E-state index is -1.26. The molecule has 3 aromatic rings. The van der Waals surface area contributed by atoms with Gasteiger partial charge in [-0.05, 0) is 38.8 Å². The van der Waals surface area contributed by atoms with Crippen LogP contribution >= 0.6 is 0 Å². The second-order valence-corrected chi connectivity index (χ2v) is 12.2. The summed E-state index contributed by atoms with van der Waals surface area (Å²) in [6.45, 7) is 16.6. The van der Waals surface area contributed by atoms with E-state index in [2.05, 4.69) is 55.5 Å². The van der Waals surface area contributed by atoms with Crippen LogP contribution in [0, 0.1) is 6.92 Å². The summed E-state index contributed by atoms with van der Waals surface area (Å²) >= 11 is 0. The lowest BCUT2D eigenvalue weighted by atomic mass is 9.95. The number of piperazine rings is 1. The van der Waals surface area contributed by atoms with Gasteiger partial charge in [-0.15, -0.1) is 0 Å². The summed E-state index contributed by atoms with van der Waals surface area (Å²) in [6, 6.07) is 12.2. The summed E-state index contributed by atoms with van der Waals surface area (Å²) in [6.07, 6.45) is 7.11. The van der Waals surface area contributed by atoms with Crippen LogP contribution in [0.15, 0.2) is 59.5 Å². The molecule has 1 aliphatic heterocycles. The zero-order chi connectivity index (χ0) is 33.0. The van der Waals surface area contributed by atoms with Gasteiger partial charge in [0, 0.05) is 73.8 Å². The minimum absolute atomic E-state index is 0.0567. The van der Waals surface area contributed by atoms with Crippen molar-refractivity contribution >= 4 is 17.8 Å². The highest BCUT2D eigenvalue weighted by molar-refractivity contribution is 5.89. The molecule has 2 N–H and O–H groups in total. The van der Waals surface area contributed by atoms with Crippen LogP contribution in [0.1, 0.15) is 64.0 Å². The van der Waals surface area contributed by atoms with Crippen molar-refractivity contribution in [3.63, 3.8) is 0 Å². The SMILES string of the molecule is CCCc1cc(N2CCN(CCCCn3ccc(-c4ccc(C)cc4)nc3=O)CC2)nc(C(C)(C)C)n1.O=C(O)/C=C/C(=O)O. The van der Waals surface area contributed by atoms with E-state index in [-0.39, 0.29) is 11.1 Å². The van der Waals surface area contributed by atoms with E-state index in [0.29, 0.717) is 18.7 Å². The topological polar surface area (TPSA) is 142 Å². The lowest BCUT2D eigenvalue weighted by Gasteiger charge is -2.36. The van der Waals surface area contributed by atoms with Gasteiger partial charge in [0.2, 0.25) is 0 Å². The molecule has 1 aliphatic rings. The van der Waals surface area contributed by atoms with E-state index < -0.39 is 11.9 Å². The maximum absolute atomic E-state index is 12.5. The van der Waals surface area contributed by atoms with Crippen LogP contribution in [0.5, 0.6) is 0 Å². The third kappa shape index (κ3) is 11.6. The lowest BCUT2D eigenvalue weighted by Crippen LogP contribution is -2.47. The Labute approximate surface area is 265 Å². The number of carbonyl (C=O) groups is 2. The Morgan fingerprint density at radius 1 is 0.889 bits per heavy atom. The lowest BCUT2D eigenvalue weighted by molar-refractivity contribution is -0.134. The Morgan fingerprint density at radius 2 is 1.51 bits per heavy atom. The molecule has 4 rings (SSSR count). The van der Waals surface area contributed by atoms with E-state index in [0.717, 1.165) is 87.0 Å². The summed E-state index contributed by atoms with van der Waals surface area (Å²) in [5.41, 5.74) is 3.83. The number of aliphatic carboxylic acids is 2. The number of benzene rings is 1. The Kier molecular flexibility index (Phi) is 13.0. The molecule has 0 spiro atoms. The monoisotopic (exact) mass is 618 g/mol. The van der Waals surface area contributed by atoms with Gasteiger partial charge in [-0.25, -0.2) is 24.4 Å². The normalized spacial score (nSPS) is 13.8. The summed E-state index contributed by atoms with van der Waals surface area (Å²) in [5, 5.41) is 15.6. The number of hydrogen-bond acceptors (Lipinski definition) is 8. The van der Waals surface area contributed by atoms with Crippen LogP contribution in [0.4, 0.5) is 5.82 Å². The number of hydrogen-bond donors (Lipinski definition) is 2. The van der Waals surface area contributed by atoms with Gasteiger partial charge >= 0.3 is 17.6 Å². The van der Waals surface area contributed by atoms with Crippen molar-refractivity contribution in [2.45, 2.75) is 72.3 Å². The molecule has 3 heterocycles. The van der Waals surface area contributed by atoms with E-state index in [1.165, 1.54) is 5.56 Å². The predicted octanol–water partition coefficient (Wildman–Crippen LogP) is 4.57. The summed E-state index contributed by atoms with van der Waals surface area (Å²) in [4.78, 5) is 50.6. The van der Waals surface area contributed by atoms with Gasteiger partial charge in [-0.2, -0.15) is 4.98 Å². The zero-order valence-corrected chi connectivity index (χ0v) is 27.1. The Balaban J connectivity index is 0.000000610. The van der Waals surface area contributed by atoms with Gasteiger partial charge in [0.1, 0.15) is 11.6 Å². The molecule has 0 aliphatic carbocycles. The van der Waals surface area contributed by atoms with Gasteiger partial charge in [0.05, 0.1) is 5.69 Å². The summed E-state index contributed by atoms with van der Waals surface area (Å²) in [7, 11) is 0. The standard InChI is InChI=1S/C30H42N6O.C4H4O4/c1-6-9-25-22-27(33-28(31-25)30(3,4)5)35-20-18-34(19-21-35)15-7-8-16-36-17-14-26(32-29(36)37)24-12-10-23(2)11-13-24;5-3(6)1-2-4(7)8/h10-14,17,22H,6-9,15-16,18-21H2,1-5H3;1-2H,(H,5,6)(H,7,8)/b;2-1+. The predicted molar refractivity (Wildman–Crippen MR) is 176 cm³/mol. The highest BCUT2D eigenvalue weighted by atomic mass is 16.4. The van der Waals surface area contributed by atoms with Gasteiger partial charge in [-0.3, -0.25) is 9.47 Å². The second kappa shape index (κ2) is 16.6. The van der Waals surface area contributed by atoms with E-state index in [4.69, 9.17) is 20.2 Å². The van der Waals surface area contributed by atoms with Crippen LogP contribution < -0.4 is 10.6 Å². The maximum atomic E-state index is 12.5. The van der Waals surface area contributed by atoms with Crippen molar-refractivity contribution in [2.24, 2.45) is 0 Å². The summed E-state index contributed by atoms with van der Waals surface area (Å²) in [5.74, 6) is -0.503. The smallest absolute Gasteiger partial charge is 0.348 e. The van der Waals surface area contributed by atoms with Crippen LogP contribution in [-0.2, 0) is 28.0 Å². The molecule has 0 amide bonds. The Morgan fingerprint density at radius 3 is 2.07 bits per heavy atom. The molecule has 0 bridgehead atoms. The molecule has 242 valence electrons. The third-order valence-electron chi connectivity index (χ3n) is 7.35. The fourth-order valence-electron chi connectivity index (χ4n) is 4.81. The number of anilines is 1. The molecule has 2 aromatic heterocycles. The molecule has 1 fully saturated rings. The number of carboxylic acid groups (broad SMARTS) is 2. The van der Waals surface area contributed by atoms with Crippen molar-refractivity contribution in [3.8, 4) is 11.3 Å². The van der Waals surface area contributed by atoms with Gasteiger partial charge in [-0.1, -0.05) is 63.9 Å². The van der Waals surface area contributed by atoms with Gasteiger partial charge in [0.15, 0.2) is 0 Å². The van der Waals surface area contributed by atoms with Gasteiger partial charge < -0.3 is 15.1 Å². The average Bonchev–Trinajstić information content (AvgIpc) is 2.99. The fourth-order valence-corrected chi connectivity index (χ4v) is 4.81. The van der Waals surface area contributed by atoms with Crippen LogP contribution in [-0.4, -0.2) is 79.3 Å². The summed E-state index contributed by atoms with van der Waals surface area (Å²) < 4.78 is 1.73. The molecule has 0 unspecified atom stereocenters. The molecule has 1 saturated heterocycles. The molecule has 1 aromatic carbocycles. The molecule has 0 saturated carbocycles. The van der Waals surface area contributed by atoms with E-state index >= 15 is 0 Å². The largest absolute Gasteiger partial charge is 0.478 e. The number of carboxylic acids is 2. The van der Waals surface area contributed by atoms with E-state index in [9.17, 15) is 14.4 Å². The molecular formula is C34H46N6O5. The Hall–Kier alpha value is -4.38. The van der Waals surface area contributed by atoms with E-state index in [1.807, 2.05) is 36.5 Å². The number of rotatable bonds is 11. The van der Waals surface area contributed by atoms with Crippen molar-refractivity contribution in [2.75, 3.05) is 37.6 Å². The molecule has 0 atom stereocenters.